The number of halogens is 1. The first-order chi connectivity index (χ1) is 13.6. The maximum Gasteiger partial charge on any atom is 0.269 e. The molecule has 1 aromatic heterocycles. The van der Waals surface area contributed by atoms with E-state index in [0.29, 0.717) is 23.3 Å². The lowest BCUT2D eigenvalue weighted by Gasteiger charge is -2.35. The third kappa shape index (κ3) is 4.13. The van der Waals surface area contributed by atoms with Crippen molar-refractivity contribution in [2.24, 2.45) is 0 Å². The minimum atomic E-state index is -0.385. The van der Waals surface area contributed by atoms with Gasteiger partial charge in [0.25, 0.3) is 5.69 Å². The molecule has 0 aliphatic carbocycles. The van der Waals surface area contributed by atoms with Gasteiger partial charge >= 0.3 is 0 Å². The van der Waals surface area contributed by atoms with Gasteiger partial charge in [0, 0.05) is 54.6 Å². The van der Waals surface area contributed by atoms with Crippen molar-refractivity contribution in [1.29, 1.82) is 0 Å². The van der Waals surface area contributed by atoms with E-state index in [2.05, 4.69) is 20.0 Å². The lowest BCUT2D eigenvalue weighted by atomic mass is 10.2. The number of nitro groups is 1. The van der Waals surface area contributed by atoms with Gasteiger partial charge in [-0.15, -0.1) is 10.2 Å². The number of nitrogens with zero attached hydrogens (tertiary/aromatic N) is 5. The molecule has 1 fully saturated rings. The van der Waals surface area contributed by atoms with Crippen LogP contribution in [0.25, 0.3) is 11.5 Å². The van der Waals surface area contributed by atoms with E-state index in [1.54, 1.807) is 36.4 Å². The predicted molar refractivity (Wildman–Crippen MR) is 105 cm³/mol. The van der Waals surface area contributed by atoms with Gasteiger partial charge in [0.05, 0.1) is 11.5 Å². The summed E-state index contributed by atoms with van der Waals surface area (Å²) in [4.78, 5) is 14.9. The van der Waals surface area contributed by atoms with Gasteiger partial charge in [-0.1, -0.05) is 11.6 Å². The zero-order valence-electron chi connectivity index (χ0n) is 15.0. The second-order valence-electron chi connectivity index (χ2n) is 6.54. The molecular formula is C19H18ClN5O3. The van der Waals surface area contributed by atoms with Crippen LogP contribution in [0.5, 0.6) is 0 Å². The second-order valence-corrected chi connectivity index (χ2v) is 6.98. The molecule has 1 aliphatic heterocycles. The lowest BCUT2D eigenvalue weighted by Crippen LogP contribution is -2.46. The molecule has 0 saturated carbocycles. The highest BCUT2D eigenvalue weighted by molar-refractivity contribution is 6.30. The Hall–Kier alpha value is -2.97. The number of non-ortho nitro benzene ring substituents is 1. The summed E-state index contributed by atoms with van der Waals surface area (Å²) in [5.41, 5.74) is 1.94. The normalized spacial score (nSPS) is 15.0. The number of hydrogen-bond acceptors (Lipinski definition) is 7. The standard InChI is InChI=1S/C19H18ClN5O3/c20-15-3-1-14(2-4-15)19-22-21-18(28-19)13-23-9-11-24(12-10-23)16-5-7-17(8-6-16)25(26)27/h1-8H,9-13H2. The fourth-order valence-electron chi connectivity index (χ4n) is 3.17. The Labute approximate surface area is 166 Å². The molecule has 2 heterocycles. The van der Waals surface area contributed by atoms with Crippen molar-refractivity contribution in [2.75, 3.05) is 31.1 Å². The molecule has 144 valence electrons. The minimum absolute atomic E-state index is 0.107. The third-order valence-electron chi connectivity index (χ3n) is 4.71. The van der Waals surface area contributed by atoms with Crippen molar-refractivity contribution in [3.8, 4) is 11.5 Å². The van der Waals surface area contributed by atoms with Gasteiger partial charge in [0.2, 0.25) is 11.8 Å². The van der Waals surface area contributed by atoms with Crippen molar-refractivity contribution in [1.82, 2.24) is 15.1 Å². The van der Waals surface area contributed by atoms with Gasteiger partial charge in [-0.3, -0.25) is 15.0 Å². The fourth-order valence-corrected chi connectivity index (χ4v) is 3.29. The third-order valence-corrected chi connectivity index (χ3v) is 4.97. The molecule has 8 nitrogen and oxygen atoms in total. The molecule has 1 aliphatic rings. The molecule has 0 N–H and O–H groups in total. The Balaban J connectivity index is 1.33. The molecular weight excluding hydrogens is 382 g/mol. The first-order valence-electron chi connectivity index (χ1n) is 8.88. The van der Waals surface area contributed by atoms with Crippen LogP contribution < -0.4 is 4.90 Å². The van der Waals surface area contributed by atoms with Gasteiger partial charge in [0.15, 0.2) is 0 Å². The molecule has 0 unspecified atom stereocenters. The zero-order valence-corrected chi connectivity index (χ0v) is 15.7. The average Bonchev–Trinajstić information content (AvgIpc) is 3.18. The molecule has 1 saturated heterocycles. The van der Waals surface area contributed by atoms with Crippen LogP contribution in [-0.4, -0.2) is 46.2 Å². The quantitative estimate of drug-likeness (QED) is 0.478. The van der Waals surface area contributed by atoms with Gasteiger partial charge in [-0.25, -0.2) is 0 Å². The Morgan fingerprint density at radius 1 is 1.00 bits per heavy atom. The topological polar surface area (TPSA) is 88.5 Å². The van der Waals surface area contributed by atoms with Crippen LogP contribution in [0.3, 0.4) is 0 Å². The molecule has 0 radical (unpaired) electrons. The van der Waals surface area contributed by atoms with E-state index in [9.17, 15) is 10.1 Å². The van der Waals surface area contributed by atoms with Gasteiger partial charge in [-0.05, 0) is 36.4 Å². The number of aromatic nitrogens is 2. The summed E-state index contributed by atoms with van der Waals surface area (Å²) >= 11 is 5.90. The summed E-state index contributed by atoms with van der Waals surface area (Å²) in [6.45, 7) is 3.94. The molecule has 0 amide bonds. The average molecular weight is 400 g/mol. The molecule has 3 aromatic rings. The highest BCUT2D eigenvalue weighted by Gasteiger charge is 2.20. The van der Waals surface area contributed by atoms with E-state index in [4.69, 9.17) is 16.0 Å². The molecule has 4 rings (SSSR count). The number of piperazine rings is 1. The first-order valence-corrected chi connectivity index (χ1v) is 9.26. The van der Waals surface area contributed by atoms with Crippen LogP contribution in [0, 0.1) is 10.1 Å². The summed E-state index contributed by atoms with van der Waals surface area (Å²) in [7, 11) is 0. The first kappa shape index (κ1) is 18.4. The van der Waals surface area contributed by atoms with Crippen molar-refractivity contribution in [3.63, 3.8) is 0 Å². The number of hydrogen-bond donors (Lipinski definition) is 0. The summed E-state index contributed by atoms with van der Waals surface area (Å²) < 4.78 is 5.77. The maximum atomic E-state index is 10.8. The van der Waals surface area contributed by atoms with Crippen LogP contribution in [0.4, 0.5) is 11.4 Å². The Morgan fingerprint density at radius 2 is 1.68 bits per heavy atom. The largest absolute Gasteiger partial charge is 0.419 e. The SMILES string of the molecule is O=[N+]([O-])c1ccc(N2CCN(Cc3nnc(-c4ccc(Cl)cc4)o3)CC2)cc1. The van der Waals surface area contributed by atoms with E-state index in [1.807, 2.05) is 12.1 Å². The molecule has 0 bridgehead atoms. The Kier molecular flexibility index (Phi) is 5.23. The van der Waals surface area contributed by atoms with Crippen molar-refractivity contribution < 1.29 is 9.34 Å². The summed E-state index contributed by atoms with van der Waals surface area (Å²) in [5.74, 6) is 1.06. The van der Waals surface area contributed by atoms with E-state index >= 15 is 0 Å². The Morgan fingerprint density at radius 3 is 2.32 bits per heavy atom. The van der Waals surface area contributed by atoms with Crippen LogP contribution in [0.1, 0.15) is 5.89 Å². The monoisotopic (exact) mass is 399 g/mol. The van der Waals surface area contributed by atoms with Crippen LogP contribution in [0.2, 0.25) is 5.02 Å². The van der Waals surface area contributed by atoms with E-state index < -0.39 is 0 Å². The van der Waals surface area contributed by atoms with Gasteiger partial charge < -0.3 is 9.32 Å². The number of nitro benzene ring substituents is 1. The van der Waals surface area contributed by atoms with Crippen molar-refractivity contribution in [2.45, 2.75) is 6.54 Å². The van der Waals surface area contributed by atoms with Gasteiger partial charge in [-0.2, -0.15) is 0 Å². The van der Waals surface area contributed by atoms with Crippen LogP contribution >= 0.6 is 11.6 Å². The van der Waals surface area contributed by atoms with Crippen molar-refractivity contribution in [3.05, 3.63) is 69.6 Å². The summed E-state index contributed by atoms with van der Waals surface area (Å²) in [6, 6.07) is 14.0. The fraction of sp³-hybridized carbons (Fsp3) is 0.263. The summed E-state index contributed by atoms with van der Waals surface area (Å²) in [6.07, 6.45) is 0. The minimum Gasteiger partial charge on any atom is -0.419 e. The number of rotatable bonds is 5. The molecule has 9 heteroatoms. The molecule has 28 heavy (non-hydrogen) atoms. The lowest BCUT2D eigenvalue weighted by molar-refractivity contribution is -0.384. The van der Waals surface area contributed by atoms with Gasteiger partial charge in [0.1, 0.15) is 0 Å². The Bertz CT molecular complexity index is 950. The highest BCUT2D eigenvalue weighted by Crippen LogP contribution is 2.23. The highest BCUT2D eigenvalue weighted by atomic mass is 35.5. The molecule has 0 spiro atoms. The van der Waals surface area contributed by atoms with E-state index in [-0.39, 0.29) is 10.6 Å². The van der Waals surface area contributed by atoms with Crippen LogP contribution in [-0.2, 0) is 6.54 Å². The predicted octanol–water partition coefficient (Wildman–Crippen LogP) is 3.62. The smallest absolute Gasteiger partial charge is 0.269 e. The second kappa shape index (κ2) is 7.95. The van der Waals surface area contributed by atoms with Crippen molar-refractivity contribution >= 4 is 23.0 Å². The van der Waals surface area contributed by atoms with E-state index in [0.717, 1.165) is 37.4 Å². The van der Waals surface area contributed by atoms with E-state index in [1.165, 1.54) is 0 Å². The molecule has 0 atom stereocenters. The maximum absolute atomic E-state index is 10.8. The number of benzene rings is 2. The summed E-state index contributed by atoms with van der Waals surface area (Å²) in [5, 5.41) is 19.7. The zero-order chi connectivity index (χ0) is 19.5. The van der Waals surface area contributed by atoms with Crippen LogP contribution in [0.15, 0.2) is 52.9 Å². The number of anilines is 1. The molecule has 2 aromatic carbocycles.